The van der Waals surface area contributed by atoms with Crippen molar-refractivity contribution >= 4 is 28.5 Å². The standard InChI is InChI=1S/C20H21ClFN5O2/c1-13-17-18(21)16(20(28)23-6-7-26-8-10-29-11-9-26)12-24-19(17)27(25-13)15-4-2-14(22)3-5-15/h2-5,12H,6-11H2,1H3,(H,23,28). The van der Waals surface area contributed by atoms with E-state index >= 15 is 0 Å². The van der Waals surface area contributed by atoms with Gasteiger partial charge in [-0.3, -0.25) is 9.69 Å². The number of nitrogens with zero attached hydrogens (tertiary/aromatic N) is 4. The van der Waals surface area contributed by atoms with Gasteiger partial charge in [-0.1, -0.05) is 11.6 Å². The molecule has 1 fully saturated rings. The van der Waals surface area contributed by atoms with Crippen molar-refractivity contribution in [3.8, 4) is 5.69 Å². The molecule has 1 aromatic carbocycles. The van der Waals surface area contributed by atoms with Crippen LogP contribution in [0.3, 0.4) is 0 Å². The Hall–Kier alpha value is -2.55. The van der Waals surface area contributed by atoms with Crippen molar-refractivity contribution in [2.45, 2.75) is 6.92 Å². The van der Waals surface area contributed by atoms with E-state index in [0.29, 0.717) is 39.5 Å². The van der Waals surface area contributed by atoms with Crippen molar-refractivity contribution < 1.29 is 13.9 Å². The number of fused-ring (bicyclic) bond motifs is 1. The number of benzene rings is 1. The maximum Gasteiger partial charge on any atom is 0.254 e. The van der Waals surface area contributed by atoms with E-state index in [1.807, 2.05) is 0 Å². The second-order valence-corrected chi connectivity index (χ2v) is 7.25. The van der Waals surface area contributed by atoms with Gasteiger partial charge in [-0.2, -0.15) is 5.10 Å². The summed E-state index contributed by atoms with van der Waals surface area (Å²) in [6.07, 6.45) is 1.45. The zero-order chi connectivity index (χ0) is 20.4. The molecular formula is C20H21ClFN5O2. The number of aromatic nitrogens is 3. The Balaban J connectivity index is 1.55. The van der Waals surface area contributed by atoms with Gasteiger partial charge in [0, 0.05) is 32.4 Å². The third-order valence-corrected chi connectivity index (χ3v) is 5.33. The molecule has 2 aromatic heterocycles. The molecule has 1 aliphatic heterocycles. The molecule has 0 spiro atoms. The number of pyridine rings is 1. The van der Waals surface area contributed by atoms with Crippen molar-refractivity contribution in [3.63, 3.8) is 0 Å². The first-order valence-corrected chi connectivity index (χ1v) is 9.80. The van der Waals surface area contributed by atoms with Crippen molar-refractivity contribution in [1.29, 1.82) is 0 Å². The first kappa shape index (κ1) is 19.8. The van der Waals surface area contributed by atoms with Crippen LogP contribution in [0.1, 0.15) is 16.1 Å². The number of rotatable bonds is 5. The molecule has 152 valence electrons. The van der Waals surface area contributed by atoms with Gasteiger partial charge in [-0.05, 0) is 31.2 Å². The van der Waals surface area contributed by atoms with Crippen LogP contribution >= 0.6 is 11.6 Å². The molecule has 1 aliphatic rings. The molecule has 9 heteroatoms. The van der Waals surface area contributed by atoms with Gasteiger partial charge in [0.1, 0.15) is 5.82 Å². The largest absolute Gasteiger partial charge is 0.379 e. The van der Waals surface area contributed by atoms with Gasteiger partial charge in [0.15, 0.2) is 5.65 Å². The Kier molecular flexibility index (Phi) is 5.75. The molecule has 0 unspecified atom stereocenters. The summed E-state index contributed by atoms with van der Waals surface area (Å²) in [5.74, 6) is -0.601. The second-order valence-electron chi connectivity index (χ2n) is 6.87. The molecule has 7 nitrogen and oxygen atoms in total. The van der Waals surface area contributed by atoms with Gasteiger partial charge in [-0.25, -0.2) is 14.1 Å². The quantitative estimate of drug-likeness (QED) is 0.690. The highest BCUT2D eigenvalue weighted by atomic mass is 35.5. The maximum atomic E-state index is 13.2. The monoisotopic (exact) mass is 417 g/mol. The molecule has 1 amide bonds. The number of ether oxygens (including phenoxy) is 1. The second kappa shape index (κ2) is 8.44. The third-order valence-electron chi connectivity index (χ3n) is 4.94. The summed E-state index contributed by atoms with van der Waals surface area (Å²) in [7, 11) is 0. The van der Waals surface area contributed by atoms with Crippen molar-refractivity contribution in [3.05, 3.63) is 52.6 Å². The average molecular weight is 418 g/mol. The van der Waals surface area contributed by atoms with Crippen LogP contribution in [0.4, 0.5) is 4.39 Å². The van der Waals surface area contributed by atoms with Crippen molar-refractivity contribution in [1.82, 2.24) is 25.0 Å². The summed E-state index contributed by atoms with van der Waals surface area (Å²) in [5.41, 5.74) is 2.13. The van der Waals surface area contributed by atoms with E-state index in [0.717, 1.165) is 32.8 Å². The Morgan fingerprint density at radius 2 is 2.00 bits per heavy atom. The van der Waals surface area contributed by atoms with Crippen LogP contribution in [0.5, 0.6) is 0 Å². The van der Waals surface area contributed by atoms with E-state index in [1.54, 1.807) is 23.7 Å². The normalized spacial score (nSPS) is 15.0. The first-order valence-electron chi connectivity index (χ1n) is 9.42. The fourth-order valence-electron chi connectivity index (χ4n) is 3.38. The summed E-state index contributed by atoms with van der Waals surface area (Å²) in [4.78, 5) is 19.3. The molecule has 4 rings (SSSR count). The number of nitrogens with one attached hydrogen (secondary N) is 1. The predicted molar refractivity (Wildman–Crippen MR) is 108 cm³/mol. The fourth-order valence-corrected chi connectivity index (χ4v) is 3.73. The number of halogens is 2. The summed E-state index contributed by atoms with van der Waals surface area (Å²) >= 11 is 6.55. The Labute approximate surface area is 172 Å². The summed E-state index contributed by atoms with van der Waals surface area (Å²) in [6, 6.07) is 5.94. The minimum atomic E-state index is -0.330. The van der Waals surface area contributed by atoms with Gasteiger partial charge in [0.05, 0.1) is 40.6 Å². The van der Waals surface area contributed by atoms with Crippen LogP contribution in [0.2, 0.25) is 5.02 Å². The van der Waals surface area contributed by atoms with Crippen molar-refractivity contribution in [2.75, 3.05) is 39.4 Å². The van der Waals surface area contributed by atoms with Crippen molar-refractivity contribution in [2.24, 2.45) is 0 Å². The molecule has 0 atom stereocenters. The number of morpholine rings is 1. The number of amides is 1. The number of carbonyl (C=O) groups is 1. The average Bonchev–Trinajstić information content (AvgIpc) is 3.07. The van der Waals surface area contributed by atoms with Gasteiger partial charge in [0.25, 0.3) is 5.91 Å². The molecule has 0 aliphatic carbocycles. The van der Waals surface area contributed by atoms with Crippen LogP contribution in [-0.2, 0) is 4.74 Å². The topological polar surface area (TPSA) is 72.3 Å². The molecular weight excluding hydrogens is 397 g/mol. The smallest absolute Gasteiger partial charge is 0.254 e. The summed E-state index contributed by atoms with van der Waals surface area (Å²) < 4.78 is 20.1. The molecule has 0 radical (unpaired) electrons. The number of aryl methyl sites for hydroxylation is 1. The summed E-state index contributed by atoms with van der Waals surface area (Å²) in [6.45, 7) is 6.24. The lowest BCUT2D eigenvalue weighted by Gasteiger charge is -2.26. The zero-order valence-corrected chi connectivity index (χ0v) is 16.7. The summed E-state index contributed by atoms with van der Waals surface area (Å²) in [5, 5.41) is 8.29. The Morgan fingerprint density at radius 3 is 2.72 bits per heavy atom. The number of carbonyl (C=O) groups excluding carboxylic acids is 1. The van der Waals surface area contributed by atoms with E-state index in [2.05, 4.69) is 20.3 Å². The molecule has 3 heterocycles. The molecule has 3 aromatic rings. The lowest BCUT2D eigenvalue weighted by molar-refractivity contribution is 0.0383. The van der Waals surface area contributed by atoms with Gasteiger partial charge < -0.3 is 10.1 Å². The lowest BCUT2D eigenvalue weighted by atomic mass is 10.2. The Bertz CT molecular complexity index is 1030. The number of hydrogen-bond donors (Lipinski definition) is 1. The molecule has 0 saturated carbocycles. The van der Waals surface area contributed by atoms with Crippen LogP contribution < -0.4 is 5.32 Å². The fraction of sp³-hybridized carbons (Fsp3) is 0.350. The molecule has 1 N–H and O–H groups in total. The SMILES string of the molecule is Cc1nn(-c2ccc(F)cc2)c2ncc(C(=O)NCCN3CCOCC3)c(Cl)c12. The van der Waals surface area contributed by atoms with E-state index in [4.69, 9.17) is 16.3 Å². The predicted octanol–water partition coefficient (Wildman–Crippen LogP) is 2.58. The van der Waals surface area contributed by atoms with E-state index < -0.39 is 0 Å². The van der Waals surface area contributed by atoms with E-state index in [-0.39, 0.29) is 11.7 Å². The van der Waals surface area contributed by atoms with Gasteiger partial charge in [0.2, 0.25) is 0 Å². The zero-order valence-electron chi connectivity index (χ0n) is 16.0. The number of hydrogen-bond acceptors (Lipinski definition) is 5. The minimum absolute atomic E-state index is 0.272. The highest BCUT2D eigenvalue weighted by Gasteiger charge is 2.20. The molecule has 29 heavy (non-hydrogen) atoms. The molecule has 1 saturated heterocycles. The molecule has 0 bridgehead atoms. The lowest BCUT2D eigenvalue weighted by Crippen LogP contribution is -2.41. The van der Waals surface area contributed by atoms with Crippen LogP contribution in [-0.4, -0.2) is 65.0 Å². The van der Waals surface area contributed by atoms with E-state index in [9.17, 15) is 9.18 Å². The Morgan fingerprint density at radius 1 is 1.28 bits per heavy atom. The van der Waals surface area contributed by atoms with Crippen LogP contribution in [0, 0.1) is 12.7 Å². The highest BCUT2D eigenvalue weighted by Crippen LogP contribution is 2.30. The van der Waals surface area contributed by atoms with Gasteiger partial charge in [-0.15, -0.1) is 0 Å². The highest BCUT2D eigenvalue weighted by molar-refractivity contribution is 6.38. The minimum Gasteiger partial charge on any atom is -0.379 e. The van der Waals surface area contributed by atoms with Crippen LogP contribution in [0.15, 0.2) is 30.5 Å². The third kappa shape index (κ3) is 4.10. The maximum absolute atomic E-state index is 13.2. The first-order chi connectivity index (χ1) is 14.0. The van der Waals surface area contributed by atoms with E-state index in [1.165, 1.54) is 18.3 Å². The van der Waals surface area contributed by atoms with Crippen LogP contribution in [0.25, 0.3) is 16.7 Å². The van der Waals surface area contributed by atoms with Gasteiger partial charge >= 0.3 is 0 Å².